The Bertz CT molecular complexity index is 1280. The van der Waals surface area contributed by atoms with Gasteiger partial charge in [0.15, 0.2) is 5.96 Å². The lowest BCUT2D eigenvalue weighted by Gasteiger charge is -2.40. The number of nitrogens with zero attached hydrogens (tertiary/aromatic N) is 4. The average molecular weight is 458 g/mol. The number of aromatic nitrogens is 1. The molecule has 3 aromatic rings. The Balaban J connectivity index is 1.81. The normalized spacial score (nSPS) is 21.0. The van der Waals surface area contributed by atoms with E-state index in [1.54, 1.807) is 18.4 Å². The number of rotatable bonds is 4. The average Bonchev–Trinajstić information content (AvgIpc) is 3.29. The molecule has 0 fully saturated rings. The molecule has 0 saturated carbocycles. The maximum absolute atomic E-state index is 13.5. The predicted octanol–water partition coefficient (Wildman–Crippen LogP) is 4.71. The van der Waals surface area contributed by atoms with Crippen molar-refractivity contribution in [3.05, 3.63) is 75.7 Å². The molecule has 2 atom stereocenters. The fourth-order valence-corrected chi connectivity index (χ4v) is 5.27. The zero-order valence-electron chi connectivity index (χ0n) is 19.5. The molecule has 1 aliphatic rings. The van der Waals surface area contributed by atoms with Crippen LogP contribution in [0.25, 0.3) is 11.1 Å². The van der Waals surface area contributed by atoms with Gasteiger partial charge in [-0.2, -0.15) is 5.26 Å². The smallest absolute Gasteiger partial charge is 0.239 e. The third-order valence-corrected chi connectivity index (χ3v) is 7.54. The van der Waals surface area contributed by atoms with E-state index in [0.717, 1.165) is 32.7 Å². The number of thiophene rings is 1. The van der Waals surface area contributed by atoms with Crippen LogP contribution in [0.4, 0.5) is 0 Å². The van der Waals surface area contributed by atoms with Crippen molar-refractivity contribution in [3.8, 4) is 17.2 Å². The monoisotopic (exact) mass is 457 g/mol. The molecule has 168 valence electrons. The highest BCUT2D eigenvalue weighted by atomic mass is 32.1. The van der Waals surface area contributed by atoms with E-state index in [1.807, 2.05) is 64.4 Å². The first-order chi connectivity index (χ1) is 15.6. The van der Waals surface area contributed by atoms with Crippen molar-refractivity contribution < 1.29 is 4.79 Å². The number of likely N-dealkylation sites (N-methyl/N-ethyl adjacent to an activating group) is 1. The van der Waals surface area contributed by atoms with Crippen LogP contribution in [0.5, 0.6) is 0 Å². The lowest BCUT2D eigenvalue weighted by Crippen LogP contribution is -2.52. The molecule has 4 rings (SSSR count). The lowest BCUT2D eigenvalue weighted by atomic mass is 9.76. The van der Waals surface area contributed by atoms with Crippen LogP contribution >= 0.6 is 11.3 Å². The molecule has 0 radical (unpaired) electrons. The van der Waals surface area contributed by atoms with Gasteiger partial charge in [-0.15, -0.1) is 11.3 Å². The van der Waals surface area contributed by atoms with Crippen molar-refractivity contribution in [3.63, 3.8) is 0 Å². The van der Waals surface area contributed by atoms with Crippen molar-refractivity contribution in [2.45, 2.75) is 44.6 Å². The van der Waals surface area contributed by atoms with Gasteiger partial charge in [0.2, 0.25) is 5.91 Å². The largest absolute Gasteiger partial charge is 0.369 e. The number of nitriles is 1. The molecule has 2 aromatic heterocycles. The Labute approximate surface area is 198 Å². The fourth-order valence-electron chi connectivity index (χ4n) is 4.21. The Morgan fingerprint density at radius 1 is 1.18 bits per heavy atom. The maximum atomic E-state index is 13.5. The molecule has 1 amide bonds. The fraction of sp³-hybridized carbons (Fsp3) is 0.308. The summed E-state index contributed by atoms with van der Waals surface area (Å²) in [5.74, 6) is -0.450. The number of benzene rings is 1. The first-order valence-electron chi connectivity index (χ1n) is 10.7. The number of hydrogen-bond donors (Lipinski definition) is 1. The third-order valence-electron chi connectivity index (χ3n) is 6.38. The SMILES string of the molecule is Cc1cncc(-c2csc([C@@]3(C)N=C(N)N(C)C(=O)[C@H]3c3ccc(C(C)(C)C#N)cc3)c2)c1. The van der Waals surface area contributed by atoms with Crippen LogP contribution in [-0.2, 0) is 15.7 Å². The second kappa shape index (κ2) is 8.13. The molecule has 3 heterocycles. The van der Waals surface area contributed by atoms with E-state index in [0.29, 0.717) is 0 Å². The van der Waals surface area contributed by atoms with Gasteiger partial charge < -0.3 is 5.73 Å². The van der Waals surface area contributed by atoms with Crippen molar-refractivity contribution in [1.29, 1.82) is 5.26 Å². The topological polar surface area (TPSA) is 95.4 Å². The highest BCUT2D eigenvalue weighted by Crippen LogP contribution is 2.47. The zero-order chi connectivity index (χ0) is 24.0. The summed E-state index contributed by atoms with van der Waals surface area (Å²) < 4.78 is 0. The summed E-state index contributed by atoms with van der Waals surface area (Å²) in [5, 5.41) is 11.5. The summed E-state index contributed by atoms with van der Waals surface area (Å²) in [6.07, 6.45) is 3.66. The third kappa shape index (κ3) is 3.91. The summed E-state index contributed by atoms with van der Waals surface area (Å²) in [5.41, 5.74) is 9.60. The number of aryl methyl sites for hydroxylation is 1. The minimum Gasteiger partial charge on any atom is -0.369 e. The highest BCUT2D eigenvalue weighted by molar-refractivity contribution is 7.10. The van der Waals surface area contributed by atoms with E-state index < -0.39 is 16.9 Å². The summed E-state index contributed by atoms with van der Waals surface area (Å²) >= 11 is 1.57. The van der Waals surface area contributed by atoms with E-state index in [9.17, 15) is 10.1 Å². The first-order valence-corrected chi connectivity index (χ1v) is 11.6. The molecular formula is C26H27N5OS. The Morgan fingerprint density at radius 3 is 2.52 bits per heavy atom. The van der Waals surface area contributed by atoms with Crippen molar-refractivity contribution in [2.75, 3.05) is 7.05 Å². The molecular weight excluding hydrogens is 430 g/mol. The molecule has 7 heteroatoms. The second-order valence-electron chi connectivity index (χ2n) is 9.26. The van der Waals surface area contributed by atoms with E-state index >= 15 is 0 Å². The van der Waals surface area contributed by atoms with Gasteiger partial charge in [-0.25, -0.2) is 4.99 Å². The van der Waals surface area contributed by atoms with E-state index in [-0.39, 0.29) is 11.9 Å². The molecule has 0 spiro atoms. The van der Waals surface area contributed by atoms with Gasteiger partial charge in [0, 0.05) is 29.9 Å². The van der Waals surface area contributed by atoms with Crippen molar-refractivity contribution in [2.24, 2.45) is 10.7 Å². The van der Waals surface area contributed by atoms with Crippen LogP contribution < -0.4 is 5.73 Å². The number of aliphatic imine (C=N–C) groups is 1. The number of hydrogen-bond acceptors (Lipinski definition) is 6. The number of guanidine groups is 1. The molecule has 1 aromatic carbocycles. The second-order valence-corrected chi connectivity index (χ2v) is 10.2. The van der Waals surface area contributed by atoms with Gasteiger partial charge in [0.05, 0.1) is 17.4 Å². The number of pyridine rings is 1. The van der Waals surface area contributed by atoms with E-state index in [2.05, 4.69) is 28.6 Å². The standard InChI is InChI=1S/C26H27N5OS/c1-16-10-18(13-29-12-16)19-11-21(33-14-19)26(4)22(23(32)31(5)24(28)30-26)17-6-8-20(9-7-17)25(2,3)15-27/h6-14,22H,1-5H3,(H2,28,30)/t22-,26-/m1/s1. The summed E-state index contributed by atoms with van der Waals surface area (Å²) in [6.45, 7) is 7.74. The van der Waals surface area contributed by atoms with Gasteiger partial charge in [-0.3, -0.25) is 14.7 Å². The van der Waals surface area contributed by atoms with E-state index in [1.165, 1.54) is 4.90 Å². The van der Waals surface area contributed by atoms with Crippen LogP contribution in [0.1, 0.15) is 48.3 Å². The molecule has 0 saturated heterocycles. The predicted molar refractivity (Wildman–Crippen MR) is 132 cm³/mol. The number of amides is 1. The molecule has 6 nitrogen and oxygen atoms in total. The van der Waals surface area contributed by atoms with Gasteiger partial charge in [0.1, 0.15) is 5.54 Å². The quantitative estimate of drug-likeness (QED) is 0.614. The Morgan fingerprint density at radius 2 is 1.88 bits per heavy atom. The summed E-state index contributed by atoms with van der Waals surface area (Å²) in [6, 6.07) is 14.2. The molecule has 0 unspecified atom stereocenters. The molecule has 0 bridgehead atoms. The van der Waals surface area contributed by atoms with Crippen LogP contribution in [0.15, 0.2) is 59.2 Å². The Hall–Kier alpha value is -3.50. The van der Waals surface area contributed by atoms with Crippen molar-refractivity contribution >= 4 is 23.2 Å². The maximum Gasteiger partial charge on any atom is 0.239 e. The first kappa shape index (κ1) is 22.7. The molecule has 2 N–H and O–H groups in total. The summed E-state index contributed by atoms with van der Waals surface area (Å²) in [7, 11) is 1.65. The molecule has 0 aliphatic carbocycles. The minimum atomic E-state index is -0.861. The number of carbonyl (C=O) groups is 1. The number of carbonyl (C=O) groups excluding carboxylic acids is 1. The van der Waals surface area contributed by atoms with Crippen molar-refractivity contribution in [1.82, 2.24) is 9.88 Å². The minimum absolute atomic E-state index is 0.107. The van der Waals surface area contributed by atoms with E-state index in [4.69, 9.17) is 10.7 Å². The zero-order valence-corrected chi connectivity index (χ0v) is 20.3. The van der Waals surface area contributed by atoms with Gasteiger partial charge in [0.25, 0.3) is 0 Å². The Kier molecular flexibility index (Phi) is 5.59. The van der Waals surface area contributed by atoms with Crippen LogP contribution in [0, 0.1) is 18.3 Å². The number of nitrogens with two attached hydrogens (primary N) is 1. The summed E-state index contributed by atoms with van der Waals surface area (Å²) in [4.78, 5) is 25.0. The molecule has 33 heavy (non-hydrogen) atoms. The van der Waals surface area contributed by atoms with Crippen LogP contribution in [0.2, 0.25) is 0 Å². The highest BCUT2D eigenvalue weighted by Gasteiger charge is 2.48. The van der Waals surface area contributed by atoms with Crippen LogP contribution in [0.3, 0.4) is 0 Å². The van der Waals surface area contributed by atoms with Crippen LogP contribution in [-0.4, -0.2) is 28.8 Å². The van der Waals surface area contributed by atoms with Gasteiger partial charge in [-0.1, -0.05) is 24.3 Å². The lowest BCUT2D eigenvalue weighted by molar-refractivity contribution is -0.130. The van der Waals surface area contributed by atoms with Gasteiger partial charge in [-0.05, 0) is 67.5 Å². The van der Waals surface area contributed by atoms with Gasteiger partial charge >= 0.3 is 0 Å². The molecule has 1 aliphatic heterocycles.